The van der Waals surface area contributed by atoms with Gasteiger partial charge in [0.15, 0.2) is 5.65 Å². The highest BCUT2D eigenvalue weighted by molar-refractivity contribution is 6.14. The first kappa shape index (κ1) is 14.7. The van der Waals surface area contributed by atoms with Gasteiger partial charge in [-0.2, -0.15) is 8.78 Å². The average molecular weight is 325 g/mol. The summed E-state index contributed by atoms with van der Waals surface area (Å²) < 4.78 is 29.4. The number of aromatic nitrogens is 4. The predicted octanol–water partition coefficient (Wildman–Crippen LogP) is 3.14. The van der Waals surface area contributed by atoms with Crippen molar-refractivity contribution in [2.75, 3.05) is 0 Å². The van der Waals surface area contributed by atoms with Crippen LogP contribution in [0.3, 0.4) is 0 Å². The van der Waals surface area contributed by atoms with Crippen molar-refractivity contribution in [3.05, 3.63) is 59.7 Å². The Hall–Kier alpha value is -2.83. The Morgan fingerprint density at radius 3 is 2.54 bits per heavy atom. The van der Waals surface area contributed by atoms with E-state index in [1.165, 1.54) is 20.0 Å². The van der Waals surface area contributed by atoms with Gasteiger partial charge in [-0.15, -0.1) is 10.2 Å². The molecule has 0 bridgehead atoms. The quantitative estimate of drug-likeness (QED) is 0.689. The summed E-state index contributed by atoms with van der Waals surface area (Å²) in [4.78, 5) is 12.3. The van der Waals surface area contributed by atoms with Crippen molar-refractivity contribution < 1.29 is 8.78 Å². The largest absolute Gasteiger partial charge is 0.314 e. The maximum absolute atomic E-state index is 14.7. The highest BCUT2D eigenvalue weighted by atomic mass is 19.3. The minimum Gasteiger partial charge on any atom is -0.269 e. The number of aliphatic imine (C=N–C) groups is 1. The van der Waals surface area contributed by atoms with Gasteiger partial charge in [0.1, 0.15) is 16.9 Å². The van der Waals surface area contributed by atoms with Crippen molar-refractivity contribution in [3.8, 4) is 0 Å². The van der Waals surface area contributed by atoms with Crippen LogP contribution >= 0.6 is 0 Å². The van der Waals surface area contributed by atoms with Crippen molar-refractivity contribution in [3.63, 3.8) is 0 Å². The molecule has 4 rings (SSSR count). The molecule has 0 amide bonds. The Labute approximate surface area is 136 Å². The summed E-state index contributed by atoms with van der Waals surface area (Å²) in [6.45, 7) is 2.78. The summed E-state index contributed by atoms with van der Waals surface area (Å²) in [5.74, 6) is -3.17. The molecule has 0 saturated heterocycles. The summed E-state index contributed by atoms with van der Waals surface area (Å²) in [6, 6.07) is 8.57. The molecule has 1 aliphatic rings. The van der Waals surface area contributed by atoms with Gasteiger partial charge in [-0.3, -0.25) is 9.98 Å². The fraction of sp³-hybridized carbons (Fsp3) is 0.235. The standard InChI is InChI=1S/C17H13F2N5/c1-16(2)17(18,19)14-11(6-4-7-20-14)13(22-16)12-9-10-5-3-8-21-15(10)24-23-12/h3-9H,1-2H3. The summed E-state index contributed by atoms with van der Waals surface area (Å²) in [5.41, 5.74) is -0.350. The molecule has 0 aliphatic carbocycles. The monoisotopic (exact) mass is 325 g/mol. The van der Waals surface area contributed by atoms with Gasteiger partial charge in [-0.1, -0.05) is 0 Å². The smallest absolute Gasteiger partial charge is 0.269 e. The van der Waals surface area contributed by atoms with Gasteiger partial charge in [-0.25, -0.2) is 4.98 Å². The van der Waals surface area contributed by atoms with E-state index in [4.69, 9.17) is 0 Å². The van der Waals surface area contributed by atoms with E-state index in [-0.39, 0.29) is 11.3 Å². The topological polar surface area (TPSA) is 63.9 Å². The molecule has 0 fully saturated rings. The fourth-order valence-electron chi connectivity index (χ4n) is 2.74. The lowest BCUT2D eigenvalue weighted by molar-refractivity contribution is -0.0721. The highest BCUT2D eigenvalue weighted by Gasteiger charge is 2.54. The van der Waals surface area contributed by atoms with Crippen LogP contribution in [0.2, 0.25) is 0 Å². The highest BCUT2D eigenvalue weighted by Crippen LogP contribution is 2.45. The van der Waals surface area contributed by atoms with Gasteiger partial charge >= 0.3 is 5.92 Å². The summed E-state index contributed by atoms with van der Waals surface area (Å²) in [7, 11) is 0. The van der Waals surface area contributed by atoms with E-state index in [1.54, 1.807) is 30.5 Å². The lowest BCUT2D eigenvalue weighted by atomic mass is 9.85. The van der Waals surface area contributed by atoms with Crippen molar-refractivity contribution in [2.24, 2.45) is 4.99 Å². The number of nitrogens with zero attached hydrogens (tertiary/aromatic N) is 5. The lowest BCUT2D eigenvalue weighted by Crippen LogP contribution is -2.45. The predicted molar refractivity (Wildman–Crippen MR) is 85.2 cm³/mol. The van der Waals surface area contributed by atoms with Gasteiger partial charge in [0.25, 0.3) is 0 Å². The number of hydrogen-bond acceptors (Lipinski definition) is 5. The lowest BCUT2D eigenvalue weighted by Gasteiger charge is -2.35. The number of pyridine rings is 2. The Kier molecular flexibility index (Phi) is 2.97. The Balaban J connectivity index is 1.98. The van der Waals surface area contributed by atoms with Gasteiger partial charge in [0, 0.05) is 23.3 Å². The zero-order chi connectivity index (χ0) is 16.9. The zero-order valence-corrected chi connectivity index (χ0v) is 13.0. The van der Waals surface area contributed by atoms with E-state index in [0.29, 0.717) is 17.1 Å². The molecule has 1 aliphatic heterocycles. The molecule has 0 unspecified atom stereocenters. The first-order valence-electron chi connectivity index (χ1n) is 7.42. The summed E-state index contributed by atoms with van der Waals surface area (Å²) >= 11 is 0. The maximum atomic E-state index is 14.7. The van der Waals surface area contributed by atoms with E-state index in [9.17, 15) is 8.78 Å². The van der Waals surface area contributed by atoms with Crippen LogP contribution in [0.15, 0.2) is 47.7 Å². The van der Waals surface area contributed by atoms with Gasteiger partial charge in [-0.05, 0) is 44.2 Å². The number of fused-ring (bicyclic) bond motifs is 2. The van der Waals surface area contributed by atoms with Crippen LogP contribution in [0.25, 0.3) is 11.0 Å². The first-order valence-corrected chi connectivity index (χ1v) is 7.42. The molecule has 120 valence electrons. The van der Waals surface area contributed by atoms with Crippen LogP contribution in [0.1, 0.15) is 30.8 Å². The van der Waals surface area contributed by atoms with E-state index in [2.05, 4.69) is 25.2 Å². The molecule has 5 nitrogen and oxygen atoms in total. The molecular formula is C17H13F2N5. The fourth-order valence-corrected chi connectivity index (χ4v) is 2.74. The number of halogens is 2. The number of hydrogen-bond donors (Lipinski definition) is 0. The summed E-state index contributed by atoms with van der Waals surface area (Å²) in [5, 5.41) is 8.96. The molecule has 4 heterocycles. The molecule has 3 aromatic heterocycles. The van der Waals surface area contributed by atoms with Crippen LogP contribution < -0.4 is 0 Å². The molecule has 3 aromatic rings. The SMILES string of the molecule is CC1(C)N=C(c2cc3cccnc3nn2)c2cccnc2C1(F)F. The van der Waals surface area contributed by atoms with Crippen molar-refractivity contribution >= 4 is 16.7 Å². The van der Waals surface area contributed by atoms with Crippen molar-refractivity contribution in [1.82, 2.24) is 20.2 Å². The van der Waals surface area contributed by atoms with Crippen LogP contribution in [0, 0.1) is 0 Å². The van der Waals surface area contributed by atoms with Gasteiger partial charge in [0.2, 0.25) is 0 Å². The van der Waals surface area contributed by atoms with Gasteiger partial charge in [0.05, 0.1) is 5.71 Å². The third-order valence-corrected chi connectivity index (χ3v) is 4.12. The molecule has 0 atom stereocenters. The van der Waals surface area contributed by atoms with E-state index < -0.39 is 11.5 Å². The minimum absolute atomic E-state index is 0.277. The molecular weight excluding hydrogens is 312 g/mol. The van der Waals surface area contributed by atoms with Crippen LogP contribution in [0.4, 0.5) is 8.78 Å². The first-order chi connectivity index (χ1) is 11.4. The average Bonchev–Trinajstić information content (AvgIpc) is 2.58. The second kappa shape index (κ2) is 4.83. The molecule has 24 heavy (non-hydrogen) atoms. The van der Waals surface area contributed by atoms with Crippen molar-refractivity contribution in [1.29, 1.82) is 0 Å². The third-order valence-electron chi connectivity index (χ3n) is 4.12. The molecule has 0 N–H and O–H groups in total. The van der Waals surface area contributed by atoms with Gasteiger partial charge < -0.3 is 0 Å². The second-order valence-electron chi connectivity index (χ2n) is 6.14. The minimum atomic E-state index is -3.17. The summed E-state index contributed by atoms with van der Waals surface area (Å²) in [6.07, 6.45) is 2.99. The molecule has 0 radical (unpaired) electrons. The Morgan fingerprint density at radius 1 is 0.958 bits per heavy atom. The molecule has 0 saturated carbocycles. The maximum Gasteiger partial charge on any atom is 0.314 e. The van der Waals surface area contributed by atoms with Crippen molar-refractivity contribution in [2.45, 2.75) is 25.3 Å². The molecule has 0 aromatic carbocycles. The van der Waals surface area contributed by atoms with Crippen LogP contribution in [-0.4, -0.2) is 31.4 Å². The van der Waals surface area contributed by atoms with E-state index >= 15 is 0 Å². The Morgan fingerprint density at radius 2 is 1.71 bits per heavy atom. The third kappa shape index (κ3) is 2.01. The van der Waals surface area contributed by atoms with E-state index in [1.807, 2.05) is 6.07 Å². The number of alkyl halides is 2. The molecule has 0 spiro atoms. The van der Waals surface area contributed by atoms with Crippen LogP contribution in [-0.2, 0) is 5.92 Å². The molecule has 7 heteroatoms. The zero-order valence-electron chi connectivity index (χ0n) is 13.0. The normalized spacial score (nSPS) is 18.1. The Bertz CT molecular complexity index is 981. The number of rotatable bonds is 1. The van der Waals surface area contributed by atoms with Crippen LogP contribution in [0.5, 0.6) is 0 Å². The van der Waals surface area contributed by atoms with E-state index in [0.717, 1.165) is 5.39 Å². The second-order valence-corrected chi connectivity index (χ2v) is 6.14.